The molecule has 0 amide bonds. The van der Waals surface area contributed by atoms with E-state index in [4.69, 9.17) is 10.5 Å². The molecule has 3 nitrogen and oxygen atoms in total. The highest BCUT2D eigenvalue weighted by Crippen LogP contribution is 2.28. The molecule has 0 atom stereocenters. The van der Waals surface area contributed by atoms with Gasteiger partial charge in [-0.2, -0.15) is 0 Å². The van der Waals surface area contributed by atoms with E-state index in [0.29, 0.717) is 12.3 Å². The van der Waals surface area contributed by atoms with E-state index in [9.17, 15) is 4.39 Å². The number of nitrogens with one attached hydrogen (secondary N) is 1. The number of anilines is 3. The molecule has 3 N–H and O–H groups in total. The molecule has 4 heteroatoms. The van der Waals surface area contributed by atoms with Gasteiger partial charge in [0.1, 0.15) is 11.6 Å². The smallest absolute Gasteiger partial charge is 0.148 e. The zero-order valence-corrected chi connectivity index (χ0v) is 11.0. The number of ether oxygens (including phenoxy) is 1. The molecule has 2 aromatic rings. The predicted octanol–water partition coefficient (Wildman–Crippen LogP) is 3.86. The SMILES string of the molecule is CCOc1ccc(Nc2cccc(F)c2N)cc1C. The van der Waals surface area contributed by atoms with Crippen molar-refractivity contribution in [2.24, 2.45) is 0 Å². The molecule has 0 fully saturated rings. The third-order valence-corrected chi connectivity index (χ3v) is 2.81. The molecule has 0 aliphatic rings. The predicted molar refractivity (Wildman–Crippen MR) is 76.4 cm³/mol. The average Bonchev–Trinajstić information content (AvgIpc) is 2.38. The third kappa shape index (κ3) is 2.96. The summed E-state index contributed by atoms with van der Waals surface area (Å²) in [6, 6.07) is 10.4. The maximum absolute atomic E-state index is 13.3. The molecule has 0 aromatic heterocycles. The second kappa shape index (κ2) is 5.61. The van der Waals surface area contributed by atoms with Crippen LogP contribution in [0.1, 0.15) is 12.5 Å². The number of aryl methyl sites for hydroxylation is 1. The largest absolute Gasteiger partial charge is 0.494 e. The van der Waals surface area contributed by atoms with Crippen LogP contribution in [0.2, 0.25) is 0 Å². The number of nitrogen functional groups attached to an aromatic ring is 1. The topological polar surface area (TPSA) is 47.3 Å². The standard InChI is InChI=1S/C15H17FN2O/c1-3-19-14-8-7-11(9-10(14)2)18-13-6-4-5-12(16)15(13)17/h4-9,18H,3,17H2,1-2H3. The average molecular weight is 260 g/mol. The molecule has 0 saturated carbocycles. The molecule has 0 aliphatic heterocycles. The molecule has 2 rings (SSSR count). The molecular weight excluding hydrogens is 243 g/mol. The zero-order chi connectivity index (χ0) is 13.8. The van der Waals surface area contributed by atoms with Crippen molar-refractivity contribution in [3.63, 3.8) is 0 Å². The first-order chi connectivity index (χ1) is 9.11. The van der Waals surface area contributed by atoms with Gasteiger partial charge in [-0.3, -0.25) is 0 Å². The molecule has 0 bridgehead atoms. The number of nitrogens with two attached hydrogens (primary N) is 1. The maximum Gasteiger partial charge on any atom is 0.148 e. The van der Waals surface area contributed by atoms with Crippen LogP contribution in [0.15, 0.2) is 36.4 Å². The fourth-order valence-corrected chi connectivity index (χ4v) is 1.85. The van der Waals surface area contributed by atoms with Gasteiger partial charge in [-0.25, -0.2) is 4.39 Å². The lowest BCUT2D eigenvalue weighted by molar-refractivity contribution is 0.338. The summed E-state index contributed by atoms with van der Waals surface area (Å²) in [7, 11) is 0. The van der Waals surface area contributed by atoms with E-state index in [0.717, 1.165) is 17.0 Å². The van der Waals surface area contributed by atoms with Gasteiger partial charge in [-0.15, -0.1) is 0 Å². The van der Waals surface area contributed by atoms with Crippen molar-refractivity contribution in [3.8, 4) is 5.75 Å². The number of para-hydroxylation sites is 1. The van der Waals surface area contributed by atoms with Gasteiger partial charge in [-0.1, -0.05) is 6.07 Å². The molecule has 0 spiro atoms. The Kier molecular flexibility index (Phi) is 3.90. The van der Waals surface area contributed by atoms with Crippen molar-refractivity contribution in [1.82, 2.24) is 0 Å². The summed E-state index contributed by atoms with van der Waals surface area (Å²) in [5.74, 6) is 0.424. The molecule has 2 aromatic carbocycles. The Morgan fingerprint density at radius 2 is 2.05 bits per heavy atom. The molecule has 100 valence electrons. The van der Waals surface area contributed by atoms with Crippen LogP contribution in [0.25, 0.3) is 0 Å². The monoisotopic (exact) mass is 260 g/mol. The Bertz CT molecular complexity index is 584. The highest BCUT2D eigenvalue weighted by Gasteiger charge is 2.06. The van der Waals surface area contributed by atoms with Gasteiger partial charge in [0.2, 0.25) is 0 Å². The van der Waals surface area contributed by atoms with E-state index in [-0.39, 0.29) is 5.69 Å². The van der Waals surface area contributed by atoms with Crippen LogP contribution in [0.4, 0.5) is 21.5 Å². The summed E-state index contributed by atoms with van der Waals surface area (Å²) >= 11 is 0. The Labute approximate surface area is 112 Å². The Balaban J connectivity index is 2.24. The number of rotatable bonds is 4. The second-order valence-electron chi connectivity index (χ2n) is 4.24. The Morgan fingerprint density at radius 3 is 2.74 bits per heavy atom. The molecule has 0 heterocycles. The minimum Gasteiger partial charge on any atom is -0.494 e. The van der Waals surface area contributed by atoms with Gasteiger partial charge in [-0.05, 0) is 49.7 Å². The van der Waals surface area contributed by atoms with Crippen molar-refractivity contribution >= 4 is 17.1 Å². The van der Waals surface area contributed by atoms with Crippen LogP contribution in [-0.4, -0.2) is 6.61 Å². The summed E-state index contributed by atoms with van der Waals surface area (Å²) < 4.78 is 18.8. The Morgan fingerprint density at radius 1 is 1.26 bits per heavy atom. The van der Waals surface area contributed by atoms with E-state index in [1.165, 1.54) is 6.07 Å². The highest BCUT2D eigenvalue weighted by molar-refractivity contribution is 5.73. The maximum atomic E-state index is 13.3. The van der Waals surface area contributed by atoms with Crippen LogP contribution >= 0.6 is 0 Å². The minimum absolute atomic E-state index is 0.119. The summed E-state index contributed by atoms with van der Waals surface area (Å²) in [4.78, 5) is 0. The summed E-state index contributed by atoms with van der Waals surface area (Å²) in [5, 5.41) is 3.10. The summed E-state index contributed by atoms with van der Waals surface area (Å²) in [6.45, 7) is 4.54. The normalized spacial score (nSPS) is 10.3. The zero-order valence-electron chi connectivity index (χ0n) is 11.0. The first-order valence-corrected chi connectivity index (χ1v) is 6.16. The van der Waals surface area contributed by atoms with E-state index in [1.807, 2.05) is 32.0 Å². The van der Waals surface area contributed by atoms with Gasteiger partial charge < -0.3 is 15.8 Å². The number of hydrogen-bond acceptors (Lipinski definition) is 3. The highest BCUT2D eigenvalue weighted by atomic mass is 19.1. The van der Waals surface area contributed by atoms with Crippen LogP contribution in [0.3, 0.4) is 0 Å². The van der Waals surface area contributed by atoms with Crippen molar-refractivity contribution in [2.45, 2.75) is 13.8 Å². The minimum atomic E-state index is -0.423. The second-order valence-corrected chi connectivity index (χ2v) is 4.24. The summed E-state index contributed by atoms with van der Waals surface area (Å²) in [5.41, 5.74) is 8.22. The number of halogens is 1. The molecular formula is C15H17FN2O. The van der Waals surface area contributed by atoms with Gasteiger partial charge in [0.05, 0.1) is 18.0 Å². The van der Waals surface area contributed by atoms with Crippen molar-refractivity contribution in [2.75, 3.05) is 17.7 Å². The fraction of sp³-hybridized carbons (Fsp3) is 0.200. The van der Waals surface area contributed by atoms with E-state index < -0.39 is 5.82 Å². The summed E-state index contributed by atoms with van der Waals surface area (Å²) in [6.07, 6.45) is 0. The lowest BCUT2D eigenvalue weighted by Gasteiger charge is -2.12. The van der Waals surface area contributed by atoms with Crippen molar-refractivity contribution < 1.29 is 9.13 Å². The van der Waals surface area contributed by atoms with E-state index in [1.54, 1.807) is 12.1 Å². The first kappa shape index (κ1) is 13.2. The number of hydrogen-bond donors (Lipinski definition) is 2. The molecule has 19 heavy (non-hydrogen) atoms. The van der Waals surface area contributed by atoms with Gasteiger partial charge in [0.25, 0.3) is 0 Å². The first-order valence-electron chi connectivity index (χ1n) is 6.16. The molecule has 0 unspecified atom stereocenters. The molecule has 0 saturated heterocycles. The number of benzene rings is 2. The molecule has 0 aliphatic carbocycles. The van der Waals surface area contributed by atoms with Crippen LogP contribution < -0.4 is 15.8 Å². The van der Waals surface area contributed by atoms with Gasteiger partial charge >= 0.3 is 0 Å². The molecule has 0 radical (unpaired) electrons. The lowest BCUT2D eigenvalue weighted by Crippen LogP contribution is -2.00. The van der Waals surface area contributed by atoms with E-state index >= 15 is 0 Å². The quantitative estimate of drug-likeness (QED) is 0.821. The van der Waals surface area contributed by atoms with Crippen molar-refractivity contribution in [1.29, 1.82) is 0 Å². The van der Waals surface area contributed by atoms with Crippen molar-refractivity contribution in [3.05, 3.63) is 47.8 Å². The lowest BCUT2D eigenvalue weighted by atomic mass is 10.2. The fourth-order valence-electron chi connectivity index (χ4n) is 1.85. The van der Waals surface area contributed by atoms with E-state index in [2.05, 4.69) is 5.32 Å². The van der Waals surface area contributed by atoms with Crippen LogP contribution in [0.5, 0.6) is 5.75 Å². The van der Waals surface area contributed by atoms with Crippen LogP contribution in [-0.2, 0) is 0 Å². The Hall–Kier alpha value is -2.23. The van der Waals surface area contributed by atoms with Gasteiger partial charge in [0, 0.05) is 5.69 Å². The van der Waals surface area contributed by atoms with Gasteiger partial charge in [0.15, 0.2) is 0 Å². The third-order valence-electron chi connectivity index (χ3n) is 2.81. The van der Waals surface area contributed by atoms with Crippen LogP contribution in [0, 0.1) is 12.7 Å².